The fraction of sp³-hybridized carbons (Fsp3) is 0.815. The molecule has 0 aliphatic carbocycles. The molecule has 0 radical (unpaired) electrons. The van der Waals surface area contributed by atoms with Gasteiger partial charge >= 0.3 is 6.18 Å². The monoisotopic (exact) mass is 522 g/mol. The smallest absolute Gasteiger partial charge is 0.433 e. The highest BCUT2D eigenvalue weighted by molar-refractivity contribution is 5.85. The lowest BCUT2D eigenvalue weighted by Gasteiger charge is -2.31. The SMILES string of the molecule is CCC.CCC/C=C(/C=C(\N=C(C)C(C)C1CCOC(C)C1)C(F)(F)F)OCCOCCOCCN. The van der Waals surface area contributed by atoms with E-state index < -0.39 is 11.9 Å². The highest BCUT2D eigenvalue weighted by atomic mass is 19.4. The molecule has 36 heavy (non-hydrogen) atoms. The molecule has 0 amide bonds. The minimum atomic E-state index is -4.59. The van der Waals surface area contributed by atoms with E-state index in [-0.39, 0.29) is 36.9 Å². The number of unbranched alkanes of at least 4 members (excludes halogenated alkanes) is 1. The molecule has 212 valence electrons. The zero-order valence-corrected chi connectivity index (χ0v) is 23.2. The summed E-state index contributed by atoms with van der Waals surface area (Å²) in [7, 11) is 0. The molecule has 0 aromatic rings. The molecule has 2 N–H and O–H groups in total. The first kappa shape index (κ1) is 34.6. The van der Waals surface area contributed by atoms with Gasteiger partial charge in [-0.2, -0.15) is 13.2 Å². The maximum absolute atomic E-state index is 13.8. The van der Waals surface area contributed by atoms with Crippen molar-refractivity contribution in [3.8, 4) is 0 Å². The molecule has 1 fully saturated rings. The molecule has 0 bridgehead atoms. The third-order valence-corrected chi connectivity index (χ3v) is 5.52. The van der Waals surface area contributed by atoms with Crippen LogP contribution in [0.15, 0.2) is 28.6 Å². The van der Waals surface area contributed by atoms with Gasteiger partial charge in [-0.15, -0.1) is 0 Å². The number of alkyl halides is 3. The third-order valence-electron chi connectivity index (χ3n) is 5.52. The minimum absolute atomic E-state index is 0.0685. The van der Waals surface area contributed by atoms with Crippen molar-refractivity contribution in [2.24, 2.45) is 22.6 Å². The molecular weight excluding hydrogens is 473 g/mol. The Bertz CT molecular complexity index is 651. The molecule has 1 aliphatic rings. The van der Waals surface area contributed by atoms with E-state index in [1.54, 1.807) is 13.0 Å². The molecule has 1 aliphatic heterocycles. The van der Waals surface area contributed by atoms with Gasteiger partial charge in [0.25, 0.3) is 0 Å². The molecule has 1 heterocycles. The fourth-order valence-electron chi connectivity index (χ4n) is 3.50. The van der Waals surface area contributed by atoms with Crippen LogP contribution in [0.5, 0.6) is 0 Å². The summed E-state index contributed by atoms with van der Waals surface area (Å²) in [4.78, 5) is 4.02. The predicted octanol–water partition coefficient (Wildman–Crippen LogP) is 6.45. The Hall–Kier alpha value is -1.42. The number of allylic oxidation sites excluding steroid dienone is 3. The van der Waals surface area contributed by atoms with Crippen LogP contribution >= 0.6 is 0 Å². The number of nitrogens with two attached hydrogens (primary N) is 1. The van der Waals surface area contributed by atoms with E-state index in [0.29, 0.717) is 45.1 Å². The van der Waals surface area contributed by atoms with Crippen LogP contribution in [0.4, 0.5) is 13.2 Å². The number of nitrogens with zero attached hydrogens (tertiary/aromatic N) is 1. The van der Waals surface area contributed by atoms with Crippen molar-refractivity contribution in [2.75, 3.05) is 46.2 Å². The first-order chi connectivity index (χ1) is 17.1. The van der Waals surface area contributed by atoms with Gasteiger partial charge in [0.15, 0.2) is 0 Å². The highest BCUT2D eigenvalue weighted by Gasteiger charge is 2.35. The van der Waals surface area contributed by atoms with Crippen LogP contribution in [0, 0.1) is 11.8 Å². The molecule has 9 heteroatoms. The number of ether oxygens (including phenoxy) is 4. The summed E-state index contributed by atoms with van der Waals surface area (Å²) < 4.78 is 63.1. The van der Waals surface area contributed by atoms with Crippen molar-refractivity contribution < 1.29 is 32.1 Å². The van der Waals surface area contributed by atoms with E-state index >= 15 is 0 Å². The maximum atomic E-state index is 13.8. The Morgan fingerprint density at radius 1 is 1.11 bits per heavy atom. The summed E-state index contributed by atoms with van der Waals surface area (Å²) in [6.45, 7) is 14.5. The molecule has 0 aromatic heterocycles. The van der Waals surface area contributed by atoms with Crippen molar-refractivity contribution in [2.45, 2.75) is 85.9 Å². The Labute approximate surface area is 216 Å². The zero-order chi connectivity index (χ0) is 27.4. The van der Waals surface area contributed by atoms with E-state index in [1.165, 1.54) is 6.42 Å². The van der Waals surface area contributed by atoms with Crippen molar-refractivity contribution in [3.05, 3.63) is 23.6 Å². The minimum Gasteiger partial charge on any atom is -0.491 e. The topological polar surface area (TPSA) is 75.3 Å². The van der Waals surface area contributed by atoms with Crippen LogP contribution in [-0.4, -0.2) is 64.2 Å². The van der Waals surface area contributed by atoms with Gasteiger partial charge < -0.3 is 24.7 Å². The molecule has 1 saturated heterocycles. The highest BCUT2D eigenvalue weighted by Crippen LogP contribution is 2.32. The van der Waals surface area contributed by atoms with Crippen LogP contribution in [0.2, 0.25) is 0 Å². The van der Waals surface area contributed by atoms with Crippen molar-refractivity contribution in [1.29, 1.82) is 0 Å². The largest absolute Gasteiger partial charge is 0.491 e. The van der Waals surface area contributed by atoms with Gasteiger partial charge in [-0.25, -0.2) is 0 Å². The predicted molar refractivity (Wildman–Crippen MR) is 140 cm³/mol. The van der Waals surface area contributed by atoms with Crippen LogP contribution < -0.4 is 5.73 Å². The summed E-state index contributed by atoms with van der Waals surface area (Å²) in [5.74, 6) is 0.335. The first-order valence-electron chi connectivity index (χ1n) is 13.2. The Morgan fingerprint density at radius 3 is 2.28 bits per heavy atom. The third kappa shape index (κ3) is 16.3. The number of hydrogen-bond acceptors (Lipinski definition) is 6. The summed E-state index contributed by atoms with van der Waals surface area (Å²) >= 11 is 0. The van der Waals surface area contributed by atoms with E-state index in [9.17, 15) is 13.2 Å². The van der Waals surface area contributed by atoms with E-state index in [1.807, 2.05) is 20.8 Å². The average molecular weight is 523 g/mol. The summed E-state index contributed by atoms with van der Waals surface area (Å²) in [6, 6.07) is 0. The van der Waals surface area contributed by atoms with Crippen LogP contribution in [0.25, 0.3) is 0 Å². The number of rotatable bonds is 15. The second kappa shape index (κ2) is 20.6. The van der Waals surface area contributed by atoms with E-state index in [0.717, 1.165) is 25.3 Å². The van der Waals surface area contributed by atoms with Gasteiger partial charge in [0, 0.05) is 24.9 Å². The lowest BCUT2D eigenvalue weighted by atomic mass is 9.82. The van der Waals surface area contributed by atoms with Gasteiger partial charge in [-0.3, -0.25) is 4.99 Å². The Morgan fingerprint density at radius 2 is 1.72 bits per heavy atom. The van der Waals surface area contributed by atoms with Gasteiger partial charge in [-0.1, -0.05) is 40.5 Å². The Kier molecular flexibility index (Phi) is 19.8. The molecule has 3 unspecified atom stereocenters. The number of aliphatic imine (C=N–C) groups is 1. The molecular formula is C27H49F3N2O4. The van der Waals surface area contributed by atoms with Gasteiger partial charge in [-0.05, 0) is 51.0 Å². The van der Waals surface area contributed by atoms with Crippen molar-refractivity contribution in [3.63, 3.8) is 0 Å². The summed E-state index contributed by atoms with van der Waals surface area (Å²) in [5.41, 5.74) is 4.85. The standard InChI is InChI=1S/C24H41F3N2O4.C3H8/c1-5-6-7-22(33-15-14-31-13-12-30-11-9-28)17-23(24(25,26)27)29-20(4)19(3)21-8-10-32-18(2)16-21;1-3-2/h7,17-19,21H,5-6,8-16,28H2,1-4H3;3H2,1-2H3/b22-7-,23-17-,29-20?;. The number of halogens is 3. The summed E-state index contributed by atoms with van der Waals surface area (Å²) in [6.07, 6.45) is 2.46. The second-order valence-corrected chi connectivity index (χ2v) is 9.00. The molecule has 3 atom stereocenters. The van der Waals surface area contributed by atoms with Gasteiger partial charge in [0.2, 0.25) is 0 Å². The molecule has 0 aromatic carbocycles. The molecule has 0 spiro atoms. The molecule has 6 nitrogen and oxygen atoms in total. The van der Waals surface area contributed by atoms with Crippen LogP contribution in [0.1, 0.15) is 73.6 Å². The van der Waals surface area contributed by atoms with E-state index in [4.69, 9.17) is 24.7 Å². The lowest BCUT2D eigenvalue weighted by molar-refractivity contribution is -0.0927. The zero-order valence-electron chi connectivity index (χ0n) is 23.2. The average Bonchev–Trinajstić information content (AvgIpc) is 2.82. The Balaban J connectivity index is 0.00000387. The normalized spacial score (nSPS) is 20.6. The van der Waals surface area contributed by atoms with E-state index in [2.05, 4.69) is 18.8 Å². The second-order valence-electron chi connectivity index (χ2n) is 9.00. The van der Waals surface area contributed by atoms with Gasteiger partial charge in [0.05, 0.1) is 32.5 Å². The fourth-order valence-corrected chi connectivity index (χ4v) is 3.50. The molecule has 0 saturated carbocycles. The quantitative estimate of drug-likeness (QED) is 0.116. The van der Waals surface area contributed by atoms with Crippen LogP contribution in [0.3, 0.4) is 0 Å². The van der Waals surface area contributed by atoms with Crippen molar-refractivity contribution in [1.82, 2.24) is 0 Å². The van der Waals surface area contributed by atoms with Gasteiger partial charge in [0.1, 0.15) is 18.1 Å². The lowest BCUT2D eigenvalue weighted by Crippen LogP contribution is -2.30. The first-order valence-corrected chi connectivity index (χ1v) is 13.2. The summed E-state index contributed by atoms with van der Waals surface area (Å²) in [5, 5.41) is 0. The molecule has 1 rings (SSSR count). The maximum Gasteiger partial charge on any atom is 0.433 e. The van der Waals surface area contributed by atoms with Crippen molar-refractivity contribution >= 4 is 5.71 Å². The van der Waals surface area contributed by atoms with Crippen LogP contribution in [-0.2, 0) is 18.9 Å². The number of hydrogen-bond donors (Lipinski definition) is 1.